The van der Waals surface area contributed by atoms with E-state index in [1.54, 1.807) is 18.2 Å². The summed E-state index contributed by atoms with van der Waals surface area (Å²) in [6.45, 7) is 0. The third-order valence-corrected chi connectivity index (χ3v) is 6.00. The first-order chi connectivity index (χ1) is 13.7. The number of phenols is 1. The van der Waals surface area contributed by atoms with Gasteiger partial charge >= 0.3 is 0 Å². The number of carbonyl (C=O) groups is 2. The van der Waals surface area contributed by atoms with Crippen LogP contribution in [0.2, 0.25) is 0 Å². The molecule has 1 fully saturated rings. The first kappa shape index (κ1) is 22.4. The maximum absolute atomic E-state index is 12.8. The van der Waals surface area contributed by atoms with Crippen LogP contribution in [0.25, 0.3) is 0 Å². The van der Waals surface area contributed by atoms with Crippen LogP contribution < -0.4 is 5.32 Å². The van der Waals surface area contributed by atoms with E-state index in [1.807, 2.05) is 0 Å². The van der Waals surface area contributed by atoms with Gasteiger partial charge in [0, 0.05) is 6.42 Å². The molecule has 1 aliphatic rings. The third kappa shape index (κ3) is 8.04. The SMILES string of the molecule is O=CNc1cccc(C(=O)CC2CCCCCCCCCCCCCC2)c1O. The number of rotatable bonds is 5. The molecule has 0 atom stereocenters. The molecular weight excluding hydrogens is 350 g/mol. The van der Waals surface area contributed by atoms with Crippen molar-refractivity contribution in [3.05, 3.63) is 23.8 Å². The average molecular weight is 388 g/mol. The zero-order valence-corrected chi connectivity index (χ0v) is 17.3. The first-order valence-electron chi connectivity index (χ1n) is 11.3. The largest absolute Gasteiger partial charge is 0.505 e. The van der Waals surface area contributed by atoms with Crippen LogP contribution in [0.5, 0.6) is 5.75 Å². The fraction of sp³-hybridized carbons (Fsp3) is 0.667. The van der Waals surface area contributed by atoms with Gasteiger partial charge in [-0.25, -0.2) is 0 Å². The monoisotopic (exact) mass is 387 g/mol. The maximum atomic E-state index is 12.8. The lowest BCUT2D eigenvalue weighted by Crippen LogP contribution is -2.10. The van der Waals surface area contributed by atoms with E-state index in [4.69, 9.17) is 0 Å². The Bertz CT molecular complexity index is 584. The van der Waals surface area contributed by atoms with Crippen LogP contribution in [0.15, 0.2) is 18.2 Å². The van der Waals surface area contributed by atoms with Crippen LogP contribution in [0.4, 0.5) is 5.69 Å². The highest BCUT2D eigenvalue weighted by Crippen LogP contribution is 2.31. The Morgan fingerprint density at radius 1 is 0.893 bits per heavy atom. The van der Waals surface area contributed by atoms with Crippen molar-refractivity contribution >= 4 is 17.9 Å². The van der Waals surface area contributed by atoms with E-state index in [-0.39, 0.29) is 11.5 Å². The molecule has 1 saturated carbocycles. The van der Waals surface area contributed by atoms with Crippen LogP contribution in [0.3, 0.4) is 0 Å². The molecule has 1 aromatic carbocycles. The molecule has 0 spiro atoms. The number of benzene rings is 1. The zero-order valence-electron chi connectivity index (χ0n) is 17.3. The van der Waals surface area contributed by atoms with Crippen molar-refractivity contribution in [2.75, 3.05) is 5.32 Å². The fourth-order valence-corrected chi connectivity index (χ4v) is 4.30. The summed E-state index contributed by atoms with van der Waals surface area (Å²) in [5.74, 6) is 0.256. The molecule has 1 aliphatic carbocycles. The molecule has 0 unspecified atom stereocenters. The fourth-order valence-electron chi connectivity index (χ4n) is 4.30. The van der Waals surface area contributed by atoms with Gasteiger partial charge in [-0.05, 0) is 18.1 Å². The lowest BCUT2D eigenvalue weighted by atomic mass is 9.88. The quantitative estimate of drug-likeness (QED) is 0.339. The number of anilines is 1. The van der Waals surface area contributed by atoms with Gasteiger partial charge in [0.1, 0.15) is 5.75 Å². The van der Waals surface area contributed by atoms with Gasteiger partial charge < -0.3 is 10.4 Å². The molecule has 4 nitrogen and oxygen atoms in total. The number of hydrogen-bond acceptors (Lipinski definition) is 3. The summed E-state index contributed by atoms with van der Waals surface area (Å²) in [7, 11) is 0. The third-order valence-electron chi connectivity index (χ3n) is 6.00. The highest BCUT2D eigenvalue weighted by atomic mass is 16.3. The van der Waals surface area contributed by atoms with Gasteiger partial charge in [-0.1, -0.05) is 96.0 Å². The standard InChI is InChI=1S/C24H37NO3/c26-19-25-22-17-13-16-21(24(22)28)23(27)18-20-14-11-9-7-5-3-1-2-4-6-8-10-12-15-20/h13,16-17,19-20,28H,1-12,14-15,18H2,(H,25,26). The lowest BCUT2D eigenvalue weighted by molar-refractivity contribution is -0.105. The van der Waals surface area contributed by atoms with Crippen molar-refractivity contribution in [1.29, 1.82) is 0 Å². The summed E-state index contributed by atoms with van der Waals surface area (Å²) >= 11 is 0. The number of phenolic OH excluding ortho intramolecular Hbond substituents is 1. The average Bonchev–Trinajstić information content (AvgIpc) is 2.70. The van der Waals surface area contributed by atoms with Gasteiger partial charge in [-0.3, -0.25) is 9.59 Å². The molecule has 4 heteroatoms. The lowest BCUT2D eigenvalue weighted by Gasteiger charge is -2.17. The molecule has 0 aromatic heterocycles. The molecule has 2 N–H and O–H groups in total. The Hall–Kier alpha value is -1.84. The molecule has 0 radical (unpaired) electrons. The van der Waals surface area contributed by atoms with Gasteiger partial charge in [0.05, 0.1) is 11.3 Å². The van der Waals surface area contributed by atoms with Crippen molar-refractivity contribution in [1.82, 2.24) is 0 Å². The minimum Gasteiger partial charge on any atom is -0.505 e. The zero-order chi connectivity index (χ0) is 20.0. The summed E-state index contributed by atoms with van der Waals surface area (Å²) in [5, 5.41) is 12.8. The molecule has 1 aromatic rings. The maximum Gasteiger partial charge on any atom is 0.211 e. The second-order valence-corrected chi connectivity index (χ2v) is 8.28. The number of aromatic hydroxyl groups is 1. The molecule has 28 heavy (non-hydrogen) atoms. The number of Topliss-reactive ketones (excluding diaryl/α,β-unsaturated/α-hetero) is 1. The van der Waals surface area contributed by atoms with E-state index in [1.165, 1.54) is 77.0 Å². The number of nitrogens with one attached hydrogen (secondary N) is 1. The van der Waals surface area contributed by atoms with Crippen molar-refractivity contribution in [3.8, 4) is 5.75 Å². The molecule has 0 aliphatic heterocycles. The Kier molecular flexibility index (Phi) is 10.7. The molecule has 2 rings (SSSR count). The van der Waals surface area contributed by atoms with Crippen LogP contribution in [0, 0.1) is 5.92 Å². The normalized spacial score (nSPS) is 18.6. The van der Waals surface area contributed by atoms with E-state index >= 15 is 0 Å². The van der Waals surface area contributed by atoms with Crippen molar-refractivity contribution in [3.63, 3.8) is 0 Å². The summed E-state index contributed by atoms with van der Waals surface area (Å²) in [4.78, 5) is 23.5. The summed E-state index contributed by atoms with van der Waals surface area (Å²) in [6.07, 6.45) is 18.9. The molecule has 0 heterocycles. The number of amides is 1. The summed E-state index contributed by atoms with van der Waals surface area (Å²) < 4.78 is 0. The summed E-state index contributed by atoms with van der Waals surface area (Å²) in [5.41, 5.74) is 0.616. The Balaban J connectivity index is 1.94. The van der Waals surface area contributed by atoms with Gasteiger partial charge in [-0.2, -0.15) is 0 Å². The van der Waals surface area contributed by atoms with Crippen molar-refractivity contribution < 1.29 is 14.7 Å². The van der Waals surface area contributed by atoms with E-state index in [2.05, 4.69) is 5.32 Å². The van der Waals surface area contributed by atoms with Crippen molar-refractivity contribution in [2.24, 2.45) is 5.92 Å². The second-order valence-electron chi connectivity index (χ2n) is 8.28. The Morgan fingerprint density at radius 3 is 1.89 bits per heavy atom. The predicted octanol–water partition coefficient (Wildman–Crippen LogP) is 6.62. The van der Waals surface area contributed by atoms with Gasteiger partial charge in [0.2, 0.25) is 6.41 Å². The van der Waals surface area contributed by atoms with Gasteiger partial charge in [-0.15, -0.1) is 0 Å². The minimum absolute atomic E-state index is 0.0186. The molecule has 0 saturated heterocycles. The second kappa shape index (κ2) is 13.4. The number of para-hydroxylation sites is 1. The Morgan fingerprint density at radius 2 is 1.39 bits per heavy atom. The van der Waals surface area contributed by atoms with Gasteiger partial charge in [0.15, 0.2) is 5.78 Å². The Labute approximate surface area is 170 Å². The van der Waals surface area contributed by atoms with Crippen molar-refractivity contribution in [2.45, 2.75) is 96.3 Å². The van der Waals surface area contributed by atoms with E-state index in [0.717, 1.165) is 12.8 Å². The molecular formula is C24H37NO3. The number of carbonyl (C=O) groups excluding carboxylic acids is 2. The van der Waals surface area contributed by atoms with E-state index in [0.29, 0.717) is 30.0 Å². The van der Waals surface area contributed by atoms with Crippen LogP contribution in [-0.4, -0.2) is 17.3 Å². The highest BCUT2D eigenvalue weighted by molar-refractivity contribution is 6.01. The van der Waals surface area contributed by atoms with Crippen LogP contribution >= 0.6 is 0 Å². The topological polar surface area (TPSA) is 66.4 Å². The number of ketones is 1. The van der Waals surface area contributed by atoms with Gasteiger partial charge in [0.25, 0.3) is 0 Å². The van der Waals surface area contributed by atoms with Crippen LogP contribution in [0.1, 0.15) is 107 Å². The summed E-state index contributed by atoms with van der Waals surface area (Å²) in [6, 6.07) is 4.96. The van der Waals surface area contributed by atoms with E-state index < -0.39 is 0 Å². The molecule has 0 bridgehead atoms. The van der Waals surface area contributed by atoms with Crippen LogP contribution in [-0.2, 0) is 4.79 Å². The predicted molar refractivity (Wildman–Crippen MR) is 115 cm³/mol. The smallest absolute Gasteiger partial charge is 0.211 e. The minimum atomic E-state index is -0.114. The number of hydrogen-bond donors (Lipinski definition) is 2. The molecule has 1 amide bonds. The highest BCUT2D eigenvalue weighted by Gasteiger charge is 2.19. The van der Waals surface area contributed by atoms with E-state index in [9.17, 15) is 14.7 Å². The molecule has 156 valence electrons. The first-order valence-corrected chi connectivity index (χ1v) is 11.3.